The zero-order valence-corrected chi connectivity index (χ0v) is 16.9. The molecule has 0 saturated carbocycles. The Morgan fingerprint density at radius 1 is 1.13 bits per heavy atom. The van der Waals surface area contributed by atoms with Crippen LogP contribution in [0.1, 0.15) is 52.1 Å². The quantitative estimate of drug-likeness (QED) is 0.406. The van der Waals surface area contributed by atoms with E-state index in [1.807, 2.05) is 30.3 Å². The lowest BCUT2D eigenvalue weighted by Crippen LogP contribution is -2.36. The van der Waals surface area contributed by atoms with Gasteiger partial charge in [-0.15, -0.1) is 0 Å². The first-order valence-corrected chi connectivity index (χ1v) is 10.0. The minimum absolute atomic E-state index is 0.0147. The molecule has 1 atom stereocenters. The molecule has 8 heteroatoms. The van der Waals surface area contributed by atoms with Gasteiger partial charge in [-0.25, -0.2) is 4.79 Å². The highest BCUT2D eigenvalue weighted by Gasteiger charge is 2.25. The summed E-state index contributed by atoms with van der Waals surface area (Å²) in [5, 5.41) is 14.1. The average molecular weight is 411 g/mol. The van der Waals surface area contributed by atoms with Crippen LogP contribution in [0.15, 0.2) is 48.5 Å². The largest absolute Gasteiger partial charge is 0.462 e. The number of benzene rings is 2. The van der Waals surface area contributed by atoms with E-state index < -0.39 is 16.8 Å². The third-order valence-electron chi connectivity index (χ3n) is 5.12. The number of nitrogens with one attached hydrogen (secondary N) is 1. The van der Waals surface area contributed by atoms with Crippen LogP contribution in [0.2, 0.25) is 0 Å². The summed E-state index contributed by atoms with van der Waals surface area (Å²) in [5.74, 6) is -1.17. The number of non-ortho nitro benzene ring substituents is 1. The molecule has 158 valence electrons. The van der Waals surface area contributed by atoms with E-state index in [-0.39, 0.29) is 29.5 Å². The fraction of sp³-hybridized carbons (Fsp3) is 0.364. The van der Waals surface area contributed by atoms with Crippen LogP contribution < -0.4 is 5.32 Å². The first-order valence-electron chi connectivity index (χ1n) is 10.0. The maximum Gasteiger partial charge on any atom is 0.338 e. The zero-order valence-electron chi connectivity index (χ0n) is 16.9. The summed E-state index contributed by atoms with van der Waals surface area (Å²) in [5.41, 5.74) is 0.812. The highest BCUT2D eigenvalue weighted by Crippen LogP contribution is 2.25. The number of likely N-dealkylation sites (tertiary alicyclic amines) is 1. The summed E-state index contributed by atoms with van der Waals surface area (Å²) >= 11 is 0. The van der Waals surface area contributed by atoms with Gasteiger partial charge in [0.1, 0.15) is 0 Å². The summed E-state index contributed by atoms with van der Waals surface area (Å²) in [6, 6.07) is 13.6. The summed E-state index contributed by atoms with van der Waals surface area (Å²) in [6.45, 7) is 4.06. The van der Waals surface area contributed by atoms with Crippen molar-refractivity contribution in [2.75, 3.05) is 26.2 Å². The van der Waals surface area contributed by atoms with E-state index in [0.717, 1.165) is 37.6 Å². The van der Waals surface area contributed by atoms with E-state index in [1.165, 1.54) is 12.1 Å². The summed E-state index contributed by atoms with van der Waals surface area (Å²) in [6.07, 6.45) is 2.23. The molecule has 1 N–H and O–H groups in total. The molecule has 3 rings (SSSR count). The maximum atomic E-state index is 12.8. The molecule has 0 aliphatic carbocycles. The third kappa shape index (κ3) is 5.21. The SMILES string of the molecule is CCOC(=O)c1cc(C(=O)NCC(c2ccccc2)N2CCCC2)cc([N+](=O)[O-])c1. The number of ether oxygens (including phenoxy) is 1. The van der Waals surface area contributed by atoms with Gasteiger partial charge < -0.3 is 10.1 Å². The molecule has 1 aliphatic rings. The van der Waals surface area contributed by atoms with Crippen molar-refractivity contribution in [3.63, 3.8) is 0 Å². The van der Waals surface area contributed by atoms with Gasteiger partial charge in [0.05, 0.1) is 23.1 Å². The van der Waals surface area contributed by atoms with Crippen LogP contribution in [0.25, 0.3) is 0 Å². The molecule has 2 aromatic carbocycles. The van der Waals surface area contributed by atoms with Crippen LogP contribution in [-0.2, 0) is 4.74 Å². The molecule has 0 spiro atoms. The maximum absolute atomic E-state index is 12.8. The second-order valence-corrected chi connectivity index (χ2v) is 7.13. The Morgan fingerprint density at radius 2 is 1.80 bits per heavy atom. The lowest BCUT2D eigenvalue weighted by atomic mass is 10.0. The summed E-state index contributed by atoms with van der Waals surface area (Å²) in [4.78, 5) is 37.8. The fourth-order valence-electron chi connectivity index (χ4n) is 3.66. The Balaban J connectivity index is 1.79. The smallest absolute Gasteiger partial charge is 0.338 e. The van der Waals surface area contributed by atoms with Crippen molar-refractivity contribution in [1.82, 2.24) is 10.2 Å². The van der Waals surface area contributed by atoms with Crippen molar-refractivity contribution in [2.24, 2.45) is 0 Å². The third-order valence-corrected chi connectivity index (χ3v) is 5.12. The minimum Gasteiger partial charge on any atom is -0.462 e. The predicted octanol–water partition coefficient (Wildman–Crippen LogP) is 3.34. The van der Waals surface area contributed by atoms with Gasteiger partial charge in [-0.2, -0.15) is 0 Å². The number of nitrogens with zero attached hydrogens (tertiary/aromatic N) is 2. The number of esters is 1. The molecule has 0 aromatic heterocycles. The van der Waals surface area contributed by atoms with Crippen LogP contribution in [0, 0.1) is 10.1 Å². The van der Waals surface area contributed by atoms with Crippen LogP contribution in [0.3, 0.4) is 0 Å². The molecule has 1 amide bonds. The molecule has 0 radical (unpaired) electrons. The van der Waals surface area contributed by atoms with Crippen LogP contribution in [0.5, 0.6) is 0 Å². The lowest BCUT2D eigenvalue weighted by molar-refractivity contribution is -0.384. The fourth-order valence-corrected chi connectivity index (χ4v) is 3.66. The molecule has 1 heterocycles. The second-order valence-electron chi connectivity index (χ2n) is 7.13. The molecule has 2 aromatic rings. The van der Waals surface area contributed by atoms with Gasteiger partial charge in [0.2, 0.25) is 0 Å². The van der Waals surface area contributed by atoms with Gasteiger partial charge in [0.25, 0.3) is 11.6 Å². The number of carbonyl (C=O) groups is 2. The second kappa shape index (κ2) is 9.98. The standard InChI is InChI=1S/C22H25N3O5/c1-2-30-22(27)18-12-17(13-19(14-18)25(28)29)21(26)23-15-20(24-10-6-7-11-24)16-8-4-3-5-9-16/h3-5,8-9,12-14,20H,2,6-7,10-11,15H2,1H3,(H,23,26). The number of amides is 1. The Labute approximate surface area is 175 Å². The first-order chi connectivity index (χ1) is 14.5. The number of carbonyl (C=O) groups excluding carboxylic acids is 2. The molecule has 1 aliphatic heterocycles. The number of rotatable bonds is 8. The molecular weight excluding hydrogens is 386 g/mol. The van der Waals surface area contributed by atoms with E-state index in [0.29, 0.717) is 6.54 Å². The van der Waals surface area contributed by atoms with Crippen molar-refractivity contribution in [3.05, 3.63) is 75.3 Å². The van der Waals surface area contributed by atoms with Crippen LogP contribution in [0.4, 0.5) is 5.69 Å². The topological polar surface area (TPSA) is 102 Å². The molecule has 1 saturated heterocycles. The Bertz CT molecular complexity index is 910. The first kappa shape index (κ1) is 21.4. The molecular formula is C22H25N3O5. The molecule has 8 nitrogen and oxygen atoms in total. The van der Waals surface area contributed by atoms with E-state index >= 15 is 0 Å². The minimum atomic E-state index is -0.700. The van der Waals surface area contributed by atoms with Gasteiger partial charge in [0.15, 0.2) is 0 Å². The van der Waals surface area contributed by atoms with Crippen molar-refractivity contribution >= 4 is 17.6 Å². The van der Waals surface area contributed by atoms with Crippen molar-refractivity contribution < 1.29 is 19.2 Å². The van der Waals surface area contributed by atoms with E-state index in [9.17, 15) is 19.7 Å². The van der Waals surface area contributed by atoms with Crippen LogP contribution in [-0.4, -0.2) is 47.9 Å². The van der Waals surface area contributed by atoms with Crippen molar-refractivity contribution in [3.8, 4) is 0 Å². The Kier molecular flexibility index (Phi) is 7.13. The van der Waals surface area contributed by atoms with Crippen LogP contribution >= 0.6 is 0 Å². The zero-order chi connectivity index (χ0) is 21.5. The molecule has 1 fully saturated rings. The van der Waals surface area contributed by atoms with E-state index in [1.54, 1.807) is 6.92 Å². The van der Waals surface area contributed by atoms with Gasteiger partial charge in [-0.1, -0.05) is 30.3 Å². The Morgan fingerprint density at radius 3 is 2.43 bits per heavy atom. The monoisotopic (exact) mass is 411 g/mol. The average Bonchev–Trinajstić information content (AvgIpc) is 3.29. The molecule has 0 bridgehead atoms. The number of hydrogen-bond donors (Lipinski definition) is 1. The molecule has 1 unspecified atom stereocenters. The molecule has 30 heavy (non-hydrogen) atoms. The lowest BCUT2D eigenvalue weighted by Gasteiger charge is -2.28. The van der Waals surface area contributed by atoms with Crippen molar-refractivity contribution in [1.29, 1.82) is 0 Å². The highest BCUT2D eigenvalue weighted by atomic mass is 16.6. The predicted molar refractivity (Wildman–Crippen MR) is 111 cm³/mol. The van der Waals surface area contributed by atoms with Gasteiger partial charge >= 0.3 is 5.97 Å². The number of hydrogen-bond acceptors (Lipinski definition) is 6. The van der Waals surface area contributed by atoms with Gasteiger partial charge in [0, 0.05) is 24.2 Å². The van der Waals surface area contributed by atoms with Gasteiger partial charge in [-0.3, -0.25) is 19.8 Å². The summed E-state index contributed by atoms with van der Waals surface area (Å²) < 4.78 is 4.92. The number of nitro groups is 1. The summed E-state index contributed by atoms with van der Waals surface area (Å²) in [7, 11) is 0. The van der Waals surface area contributed by atoms with Crippen molar-refractivity contribution in [2.45, 2.75) is 25.8 Å². The van der Waals surface area contributed by atoms with Gasteiger partial charge in [-0.05, 0) is 44.5 Å². The van der Waals surface area contributed by atoms with E-state index in [2.05, 4.69) is 10.2 Å². The highest BCUT2D eigenvalue weighted by molar-refractivity contribution is 5.99. The van der Waals surface area contributed by atoms with E-state index in [4.69, 9.17) is 4.74 Å². The normalized spacial score (nSPS) is 14.8. The number of nitro benzene ring substituents is 1. The Hall–Kier alpha value is -3.26.